The van der Waals surface area contributed by atoms with Crippen LogP contribution in [0.1, 0.15) is 29.5 Å². The first-order valence-electron chi connectivity index (χ1n) is 13.1. The molecule has 3 aliphatic heterocycles. The van der Waals surface area contributed by atoms with Gasteiger partial charge in [-0.2, -0.15) is 13.2 Å². The van der Waals surface area contributed by atoms with Crippen LogP contribution in [0.4, 0.5) is 18.9 Å². The van der Waals surface area contributed by atoms with Crippen molar-refractivity contribution in [1.82, 2.24) is 15.1 Å². The summed E-state index contributed by atoms with van der Waals surface area (Å²) in [5, 5.41) is 3.03. The van der Waals surface area contributed by atoms with Gasteiger partial charge in [-0.25, -0.2) is 0 Å². The van der Waals surface area contributed by atoms with Crippen molar-refractivity contribution in [2.45, 2.75) is 37.9 Å². The number of amides is 2. The van der Waals surface area contributed by atoms with Gasteiger partial charge in [0.15, 0.2) is 0 Å². The van der Waals surface area contributed by atoms with Gasteiger partial charge in [0.05, 0.1) is 24.1 Å². The lowest BCUT2D eigenvalue weighted by atomic mass is 9.82. The topological polar surface area (TPSA) is 55.9 Å². The predicted octanol–water partition coefficient (Wildman–Crippen LogP) is 3.35. The number of hydrogen-bond donors (Lipinski definition) is 1. The monoisotopic (exact) mass is 514 g/mol. The molecule has 2 aromatic rings. The molecule has 9 heteroatoms. The van der Waals surface area contributed by atoms with Gasteiger partial charge in [-0.3, -0.25) is 14.5 Å². The summed E-state index contributed by atoms with van der Waals surface area (Å²) in [5.74, 6) is -0.543. The van der Waals surface area contributed by atoms with Crippen molar-refractivity contribution >= 4 is 17.5 Å². The summed E-state index contributed by atoms with van der Waals surface area (Å²) in [6.45, 7) is 4.07. The number of benzene rings is 2. The molecular weight excluding hydrogens is 481 g/mol. The summed E-state index contributed by atoms with van der Waals surface area (Å²) in [7, 11) is 0. The van der Waals surface area contributed by atoms with Crippen molar-refractivity contribution in [3.8, 4) is 0 Å². The summed E-state index contributed by atoms with van der Waals surface area (Å²) in [6, 6.07) is 13.5. The third kappa shape index (κ3) is 5.76. The van der Waals surface area contributed by atoms with E-state index in [1.807, 2.05) is 35.2 Å². The SMILES string of the molecule is O=C(NCCc1ccccc1)C1Cc2cc(C(F)(F)F)ccc2N2CCN(CC(=O)N3CCCC3)CC12. The Kier molecular flexibility index (Phi) is 7.42. The lowest BCUT2D eigenvalue weighted by Crippen LogP contribution is -2.62. The number of piperazine rings is 1. The normalized spacial score (nSPS) is 21.9. The maximum Gasteiger partial charge on any atom is 0.416 e. The van der Waals surface area contributed by atoms with Crippen molar-refractivity contribution in [1.29, 1.82) is 0 Å². The Labute approximate surface area is 215 Å². The number of rotatable bonds is 6. The fraction of sp³-hybridized carbons (Fsp3) is 0.500. The molecule has 0 bridgehead atoms. The Bertz CT molecular complexity index is 1120. The molecule has 2 aromatic carbocycles. The van der Waals surface area contributed by atoms with Crippen LogP contribution in [0, 0.1) is 5.92 Å². The van der Waals surface area contributed by atoms with E-state index in [1.54, 1.807) is 6.07 Å². The van der Waals surface area contributed by atoms with Gasteiger partial charge in [0, 0.05) is 45.0 Å². The molecule has 2 unspecified atom stereocenters. The van der Waals surface area contributed by atoms with E-state index < -0.39 is 17.7 Å². The highest BCUT2D eigenvalue weighted by Crippen LogP contribution is 2.39. The number of fused-ring (bicyclic) bond motifs is 3. The number of likely N-dealkylation sites (tertiary alicyclic amines) is 1. The Balaban J connectivity index is 1.33. The Morgan fingerprint density at radius 1 is 0.973 bits per heavy atom. The Morgan fingerprint density at radius 3 is 2.46 bits per heavy atom. The number of nitrogens with one attached hydrogen (secondary N) is 1. The van der Waals surface area contributed by atoms with E-state index in [0.29, 0.717) is 44.7 Å². The van der Waals surface area contributed by atoms with Crippen LogP contribution in [-0.2, 0) is 28.6 Å². The molecule has 198 valence electrons. The molecule has 0 aliphatic carbocycles. The van der Waals surface area contributed by atoms with E-state index in [-0.39, 0.29) is 24.3 Å². The second-order valence-corrected chi connectivity index (χ2v) is 10.3. The highest BCUT2D eigenvalue weighted by atomic mass is 19.4. The number of nitrogens with zero attached hydrogens (tertiary/aromatic N) is 3. The third-order valence-electron chi connectivity index (χ3n) is 7.83. The van der Waals surface area contributed by atoms with E-state index in [2.05, 4.69) is 15.1 Å². The van der Waals surface area contributed by atoms with Gasteiger partial charge in [0.1, 0.15) is 0 Å². The van der Waals surface area contributed by atoms with E-state index in [0.717, 1.165) is 43.2 Å². The smallest absolute Gasteiger partial charge is 0.365 e. The Morgan fingerprint density at radius 2 is 1.73 bits per heavy atom. The lowest BCUT2D eigenvalue weighted by molar-refractivity contribution is -0.137. The molecular formula is C28H33F3N4O2. The van der Waals surface area contributed by atoms with Gasteiger partial charge in [-0.05, 0) is 55.0 Å². The molecule has 5 rings (SSSR count). The number of carbonyl (C=O) groups excluding carboxylic acids is 2. The zero-order chi connectivity index (χ0) is 26.0. The molecule has 1 N–H and O–H groups in total. The van der Waals surface area contributed by atoms with Crippen LogP contribution in [0.15, 0.2) is 48.5 Å². The number of carbonyl (C=O) groups is 2. The molecule has 3 aliphatic rings. The van der Waals surface area contributed by atoms with E-state index in [1.165, 1.54) is 6.07 Å². The van der Waals surface area contributed by atoms with Crippen LogP contribution < -0.4 is 10.2 Å². The van der Waals surface area contributed by atoms with Crippen molar-refractivity contribution in [2.24, 2.45) is 5.92 Å². The molecule has 0 saturated carbocycles. The molecule has 0 radical (unpaired) electrons. The average Bonchev–Trinajstić information content (AvgIpc) is 3.43. The first-order valence-corrected chi connectivity index (χ1v) is 13.1. The van der Waals surface area contributed by atoms with Crippen LogP contribution in [0.2, 0.25) is 0 Å². The fourth-order valence-corrected chi connectivity index (χ4v) is 5.87. The first-order chi connectivity index (χ1) is 17.8. The minimum absolute atomic E-state index is 0.112. The van der Waals surface area contributed by atoms with Gasteiger partial charge in [0.2, 0.25) is 11.8 Å². The van der Waals surface area contributed by atoms with Crippen LogP contribution in [0.5, 0.6) is 0 Å². The summed E-state index contributed by atoms with van der Waals surface area (Å²) < 4.78 is 40.3. The van der Waals surface area contributed by atoms with Crippen LogP contribution in [0.3, 0.4) is 0 Å². The van der Waals surface area contributed by atoms with Gasteiger partial charge in [-0.15, -0.1) is 0 Å². The molecule has 2 fully saturated rings. The maximum atomic E-state index is 13.4. The van der Waals surface area contributed by atoms with Gasteiger partial charge in [-0.1, -0.05) is 30.3 Å². The van der Waals surface area contributed by atoms with E-state index >= 15 is 0 Å². The maximum absolute atomic E-state index is 13.4. The number of anilines is 1. The Hall–Kier alpha value is -3.07. The fourth-order valence-electron chi connectivity index (χ4n) is 5.87. The van der Waals surface area contributed by atoms with E-state index in [4.69, 9.17) is 0 Å². The van der Waals surface area contributed by atoms with Crippen molar-refractivity contribution in [2.75, 3.05) is 50.7 Å². The van der Waals surface area contributed by atoms with Crippen LogP contribution in [0.25, 0.3) is 0 Å². The lowest BCUT2D eigenvalue weighted by Gasteiger charge is -2.49. The van der Waals surface area contributed by atoms with Crippen molar-refractivity contribution < 1.29 is 22.8 Å². The van der Waals surface area contributed by atoms with Crippen molar-refractivity contribution in [3.05, 3.63) is 65.2 Å². The number of alkyl halides is 3. The zero-order valence-corrected chi connectivity index (χ0v) is 20.8. The second-order valence-electron chi connectivity index (χ2n) is 10.3. The number of hydrogen-bond acceptors (Lipinski definition) is 4. The standard InChI is InChI=1S/C28H33F3N4O2/c29-28(30,31)22-8-9-24-21(16-22)17-23(27(37)32-11-10-20-6-2-1-3-7-20)25-18-33(14-15-35(24)25)19-26(36)34-12-4-5-13-34/h1-3,6-9,16,23,25H,4-5,10-15,17-19H2,(H,32,37). The second kappa shape index (κ2) is 10.7. The highest BCUT2D eigenvalue weighted by molar-refractivity contribution is 5.82. The highest BCUT2D eigenvalue weighted by Gasteiger charge is 2.43. The quantitative estimate of drug-likeness (QED) is 0.643. The molecule has 3 heterocycles. The summed E-state index contributed by atoms with van der Waals surface area (Å²) in [6.07, 6.45) is -1.45. The molecule has 0 aromatic heterocycles. The average molecular weight is 515 g/mol. The largest absolute Gasteiger partial charge is 0.416 e. The molecule has 2 saturated heterocycles. The van der Waals surface area contributed by atoms with Crippen LogP contribution in [-0.4, -0.2) is 73.5 Å². The predicted molar refractivity (Wildman–Crippen MR) is 135 cm³/mol. The first kappa shape index (κ1) is 25.6. The number of halogens is 3. The molecule has 2 atom stereocenters. The zero-order valence-electron chi connectivity index (χ0n) is 20.8. The molecule has 37 heavy (non-hydrogen) atoms. The summed E-state index contributed by atoms with van der Waals surface area (Å²) in [4.78, 5) is 32.3. The third-order valence-corrected chi connectivity index (χ3v) is 7.83. The minimum atomic E-state index is -4.44. The van der Waals surface area contributed by atoms with Crippen molar-refractivity contribution in [3.63, 3.8) is 0 Å². The summed E-state index contributed by atoms with van der Waals surface area (Å²) >= 11 is 0. The van der Waals surface area contributed by atoms with Gasteiger partial charge in [0.25, 0.3) is 0 Å². The van der Waals surface area contributed by atoms with Gasteiger partial charge >= 0.3 is 6.18 Å². The molecule has 6 nitrogen and oxygen atoms in total. The van der Waals surface area contributed by atoms with E-state index in [9.17, 15) is 22.8 Å². The molecule has 0 spiro atoms. The minimum Gasteiger partial charge on any atom is -0.365 e. The summed E-state index contributed by atoms with van der Waals surface area (Å²) in [5.41, 5.74) is 1.73. The van der Waals surface area contributed by atoms with Crippen LogP contribution >= 0.6 is 0 Å². The molecule has 2 amide bonds. The van der Waals surface area contributed by atoms with Gasteiger partial charge < -0.3 is 15.1 Å².